The van der Waals surface area contributed by atoms with Crippen LogP contribution >= 0.6 is 0 Å². The molecule has 118 valence electrons. The second kappa shape index (κ2) is 7.24. The van der Waals surface area contributed by atoms with Gasteiger partial charge in [-0.3, -0.25) is 0 Å². The molecule has 0 amide bonds. The summed E-state index contributed by atoms with van der Waals surface area (Å²) in [5.41, 5.74) is 0.452. The quantitative estimate of drug-likeness (QED) is 0.811. The molecule has 0 radical (unpaired) electrons. The van der Waals surface area contributed by atoms with Crippen LogP contribution in [0.15, 0.2) is 0 Å². The van der Waals surface area contributed by atoms with Gasteiger partial charge in [0.2, 0.25) is 0 Å². The first-order valence-electron chi connectivity index (χ1n) is 8.58. The van der Waals surface area contributed by atoms with Gasteiger partial charge in [0, 0.05) is 25.7 Å². The summed E-state index contributed by atoms with van der Waals surface area (Å²) >= 11 is 0. The molecule has 2 aliphatic rings. The second-order valence-electron chi connectivity index (χ2n) is 7.45. The molecule has 2 fully saturated rings. The minimum Gasteiger partial charge on any atom is -0.377 e. The summed E-state index contributed by atoms with van der Waals surface area (Å²) in [4.78, 5) is 2.65. The maximum absolute atomic E-state index is 5.96. The molecule has 0 aromatic carbocycles. The fourth-order valence-corrected chi connectivity index (χ4v) is 4.27. The molecule has 1 aliphatic heterocycles. The topological polar surface area (TPSA) is 24.5 Å². The van der Waals surface area contributed by atoms with E-state index in [0.717, 1.165) is 25.5 Å². The highest BCUT2D eigenvalue weighted by Crippen LogP contribution is 2.41. The molecule has 3 nitrogen and oxygen atoms in total. The summed E-state index contributed by atoms with van der Waals surface area (Å²) in [7, 11) is 2.13. The summed E-state index contributed by atoms with van der Waals surface area (Å²) in [6.45, 7) is 11.6. The first-order valence-corrected chi connectivity index (χ1v) is 8.58. The lowest BCUT2D eigenvalue weighted by molar-refractivity contribution is -0.00514. The molecule has 2 rings (SSSR count). The highest BCUT2D eigenvalue weighted by atomic mass is 16.5. The molecule has 1 saturated carbocycles. The summed E-state index contributed by atoms with van der Waals surface area (Å²) in [6, 6.07) is 0.666. The van der Waals surface area contributed by atoms with Gasteiger partial charge in [0.05, 0.1) is 6.10 Å². The van der Waals surface area contributed by atoms with Crippen molar-refractivity contribution in [2.24, 2.45) is 11.3 Å². The number of rotatable bonds is 6. The van der Waals surface area contributed by atoms with E-state index in [1.165, 1.54) is 38.8 Å². The lowest BCUT2D eigenvalue weighted by Crippen LogP contribution is -2.47. The van der Waals surface area contributed by atoms with E-state index in [4.69, 9.17) is 4.74 Å². The second-order valence-corrected chi connectivity index (χ2v) is 7.45. The minimum absolute atomic E-state index is 0.452. The summed E-state index contributed by atoms with van der Waals surface area (Å²) in [5.74, 6) is 0.805. The number of piperidine rings is 1. The van der Waals surface area contributed by atoms with Crippen molar-refractivity contribution in [1.29, 1.82) is 0 Å². The molecule has 1 saturated heterocycles. The van der Waals surface area contributed by atoms with Gasteiger partial charge in [-0.2, -0.15) is 0 Å². The number of hydrogen-bond acceptors (Lipinski definition) is 3. The fourth-order valence-electron chi connectivity index (χ4n) is 4.27. The monoisotopic (exact) mass is 282 g/mol. The van der Waals surface area contributed by atoms with Crippen LogP contribution in [0.2, 0.25) is 0 Å². The van der Waals surface area contributed by atoms with Gasteiger partial charge in [-0.1, -0.05) is 20.8 Å². The van der Waals surface area contributed by atoms with Crippen molar-refractivity contribution in [2.45, 2.75) is 65.0 Å². The van der Waals surface area contributed by atoms with Gasteiger partial charge in [-0.25, -0.2) is 0 Å². The van der Waals surface area contributed by atoms with Crippen LogP contribution in [0, 0.1) is 11.3 Å². The standard InChI is InChI=1S/C17H34N2O/c1-5-11-20-15-7-6-10-19(13-15)12-14-8-9-17(2,3)16(14)18-4/h14-16,18H,5-13H2,1-4H3. The maximum Gasteiger partial charge on any atom is 0.0702 e. The van der Waals surface area contributed by atoms with Crippen LogP contribution < -0.4 is 5.32 Å². The van der Waals surface area contributed by atoms with Gasteiger partial charge < -0.3 is 15.0 Å². The molecule has 3 unspecified atom stereocenters. The molecular weight excluding hydrogens is 248 g/mol. The van der Waals surface area contributed by atoms with Crippen molar-refractivity contribution in [2.75, 3.05) is 33.3 Å². The normalized spacial score (nSPS) is 34.5. The van der Waals surface area contributed by atoms with Gasteiger partial charge >= 0.3 is 0 Å². The summed E-state index contributed by atoms with van der Waals surface area (Å²) in [5, 5.41) is 3.58. The molecule has 1 heterocycles. The zero-order valence-electron chi connectivity index (χ0n) is 14.0. The van der Waals surface area contributed by atoms with Gasteiger partial charge in [0.1, 0.15) is 0 Å². The first kappa shape index (κ1) is 16.3. The van der Waals surface area contributed by atoms with Crippen molar-refractivity contribution < 1.29 is 4.74 Å². The van der Waals surface area contributed by atoms with Crippen LogP contribution in [0.5, 0.6) is 0 Å². The Morgan fingerprint density at radius 2 is 2.10 bits per heavy atom. The average molecular weight is 282 g/mol. The Morgan fingerprint density at radius 3 is 2.80 bits per heavy atom. The number of likely N-dealkylation sites (tertiary alicyclic amines) is 1. The first-order chi connectivity index (χ1) is 9.56. The lowest BCUT2D eigenvalue weighted by Gasteiger charge is -2.37. The average Bonchev–Trinajstić information content (AvgIpc) is 2.71. The Hall–Kier alpha value is -0.120. The molecule has 3 heteroatoms. The van der Waals surface area contributed by atoms with E-state index >= 15 is 0 Å². The van der Waals surface area contributed by atoms with Crippen molar-refractivity contribution in [3.05, 3.63) is 0 Å². The SMILES string of the molecule is CCCOC1CCCN(CC2CCC(C)(C)C2NC)C1. The zero-order valence-corrected chi connectivity index (χ0v) is 14.0. The smallest absolute Gasteiger partial charge is 0.0702 e. The minimum atomic E-state index is 0.452. The Bertz CT molecular complexity index is 293. The molecule has 0 aromatic rings. The molecule has 0 bridgehead atoms. The molecular formula is C17H34N2O. The van der Waals surface area contributed by atoms with Crippen LogP contribution in [0.3, 0.4) is 0 Å². The van der Waals surface area contributed by atoms with Crippen molar-refractivity contribution in [3.8, 4) is 0 Å². The van der Waals surface area contributed by atoms with Gasteiger partial charge in [0.25, 0.3) is 0 Å². The highest BCUT2D eigenvalue weighted by Gasteiger charge is 2.41. The Morgan fingerprint density at radius 1 is 1.30 bits per heavy atom. The molecule has 3 atom stereocenters. The lowest BCUT2D eigenvalue weighted by atomic mass is 9.84. The molecule has 0 spiro atoms. The van der Waals surface area contributed by atoms with Gasteiger partial charge in [-0.15, -0.1) is 0 Å². The molecule has 1 aliphatic carbocycles. The van der Waals surface area contributed by atoms with Crippen molar-refractivity contribution >= 4 is 0 Å². The van der Waals surface area contributed by atoms with Gasteiger partial charge in [0.15, 0.2) is 0 Å². The third-order valence-electron chi connectivity index (χ3n) is 5.30. The molecule has 20 heavy (non-hydrogen) atoms. The van der Waals surface area contributed by atoms with Crippen molar-refractivity contribution in [3.63, 3.8) is 0 Å². The van der Waals surface area contributed by atoms with Gasteiger partial charge in [-0.05, 0) is 57.0 Å². The van der Waals surface area contributed by atoms with E-state index in [1.807, 2.05) is 0 Å². The van der Waals surface area contributed by atoms with Crippen LogP contribution in [0.25, 0.3) is 0 Å². The predicted octanol–water partition coefficient (Wildman–Crippen LogP) is 2.90. The molecule has 1 N–H and O–H groups in total. The highest BCUT2D eigenvalue weighted by molar-refractivity contribution is 4.96. The molecule has 0 aromatic heterocycles. The van der Waals surface area contributed by atoms with Crippen LogP contribution in [-0.2, 0) is 4.74 Å². The maximum atomic E-state index is 5.96. The van der Waals surface area contributed by atoms with E-state index in [1.54, 1.807) is 0 Å². The Balaban J connectivity index is 1.83. The largest absolute Gasteiger partial charge is 0.377 e. The van der Waals surface area contributed by atoms with Crippen LogP contribution in [-0.4, -0.2) is 50.3 Å². The third-order valence-corrected chi connectivity index (χ3v) is 5.30. The van der Waals surface area contributed by atoms with E-state index in [0.29, 0.717) is 17.6 Å². The van der Waals surface area contributed by atoms with Crippen molar-refractivity contribution in [1.82, 2.24) is 10.2 Å². The van der Waals surface area contributed by atoms with E-state index in [9.17, 15) is 0 Å². The fraction of sp³-hybridized carbons (Fsp3) is 1.00. The van der Waals surface area contributed by atoms with E-state index in [2.05, 4.69) is 38.0 Å². The predicted molar refractivity (Wildman–Crippen MR) is 85.1 cm³/mol. The van der Waals surface area contributed by atoms with Crippen LogP contribution in [0.1, 0.15) is 52.9 Å². The number of nitrogens with one attached hydrogen (secondary N) is 1. The van der Waals surface area contributed by atoms with Crippen LogP contribution in [0.4, 0.5) is 0 Å². The Labute approximate surface area is 125 Å². The van der Waals surface area contributed by atoms with E-state index < -0.39 is 0 Å². The number of hydrogen-bond donors (Lipinski definition) is 1. The number of ether oxygens (including phenoxy) is 1. The van der Waals surface area contributed by atoms with E-state index in [-0.39, 0.29) is 0 Å². The zero-order chi connectivity index (χ0) is 14.6. The number of nitrogens with zero attached hydrogens (tertiary/aromatic N) is 1. The Kier molecular flexibility index (Phi) is 5.88. The summed E-state index contributed by atoms with van der Waals surface area (Å²) in [6.07, 6.45) is 6.89. The summed E-state index contributed by atoms with van der Waals surface area (Å²) < 4.78 is 5.96. The third kappa shape index (κ3) is 3.96.